The molecule has 0 unspecified atom stereocenters. The molecule has 0 spiro atoms. The summed E-state index contributed by atoms with van der Waals surface area (Å²) in [7, 11) is -0.337. The van der Waals surface area contributed by atoms with Gasteiger partial charge in [0.15, 0.2) is 18.1 Å². The maximum Gasteiger partial charge on any atom is 0.257 e. The summed E-state index contributed by atoms with van der Waals surface area (Å²) < 4.78 is 43.1. The monoisotopic (exact) mass is 476 g/mol. The maximum atomic E-state index is 12.8. The first-order valence-corrected chi connectivity index (χ1v) is 12.5. The van der Waals surface area contributed by atoms with Crippen molar-refractivity contribution in [1.82, 2.24) is 9.62 Å². The Labute approximate surface area is 195 Å². The molecule has 0 aliphatic carbocycles. The van der Waals surface area contributed by atoms with Gasteiger partial charge in [0.25, 0.3) is 5.91 Å². The van der Waals surface area contributed by atoms with E-state index in [1.165, 1.54) is 16.4 Å². The molecule has 0 bridgehead atoms. The molecule has 3 rings (SSSR count). The molecule has 9 heteroatoms. The number of benzene rings is 2. The van der Waals surface area contributed by atoms with Crippen molar-refractivity contribution in [1.29, 1.82) is 0 Å². The van der Waals surface area contributed by atoms with E-state index in [2.05, 4.69) is 12.2 Å². The lowest BCUT2D eigenvalue weighted by molar-refractivity contribution is -0.123. The van der Waals surface area contributed by atoms with Gasteiger partial charge in [-0.1, -0.05) is 13.0 Å². The number of methoxy groups -OCH3 is 2. The highest BCUT2D eigenvalue weighted by molar-refractivity contribution is 7.89. The predicted molar refractivity (Wildman–Crippen MR) is 125 cm³/mol. The van der Waals surface area contributed by atoms with Gasteiger partial charge in [-0.2, -0.15) is 4.31 Å². The number of carbonyl (C=O) groups excluding carboxylic acids is 1. The van der Waals surface area contributed by atoms with Crippen molar-refractivity contribution in [3.05, 3.63) is 48.0 Å². The minimum absolute atomic E-state index is 0.151. The van der Waals surface area contributed by atoms with Crippen LogP contribution in [0.4, 0.5) is 0 Å². The van der Waals surface area contributed by atoms with Gasteiger partial charge in [0, 0.05) is 19.6 Å². The number of sulfonamides is 1. The van der Waals surface area contributed by atoms with Gasteiger partial charge in [-0.15, -0.1) is 0 Å². The molecular weight excluding hydrogens is 444 g/mol. The third kappa shape index (κ3) is 6.61. The van der Waals surface area contributed by atoms with Gasteiger partial charge in [-0.05, 0) is 67.1 Å². The fourth-order valence-electron chi connectivity index (χ4n) is 3.66. The number of rotatable bonds is 10. The molecule has 33 heavy (non-hydrogen) atoms. The molecule has 1 aliphatic heterocycles. The van der Waals surface area contributed by atoms with E-state index in [-0.39, 0.29) is 17.4 Å². The summed E-state index contributed by atoms with van der Waals surface area (Å²) in [6, 6.07) is 11.8. The molecule has 2 aromatic carbocycles. The fourth-order valence-corrected chi connectivity index (χ4v) is 5.13. The molecule has 0 radical (unpaired) electrons. The van der Waals surface area contributed by atoms with Crippen LogP contribution in [0.2, 0.25) is 0 Å². The Balaban J connectivity index is 1.45. The van der Waals surface area contributed by atoms with E-state index in [1.807, 2.05) is 18.2 Å². The maximum absolute atomic E-state index is 12.8. The average molecular weight is 477 g/mol. The normalized spacial score (nSPS) is 15.1. The molecule has 0 atom stereocenters. The van der Waals surface area contributed by atoms with Crippen LogP contribution >= 0.6 is 0 Å². The lowest BCUT2D eigenvalue weighted by Crippen LogP contribution is -2.37. The first-order chi connectivity index (χ1) is 15.8. The highest BCUT2D eigenvalue weighted by atomic mass is 32.2. The lowest BCUT2D eigenvalue weighted by Gasteiger charge is -2.29. The summed E-state index contributed by atoms with van der Waals surface area (Å²) in [5.41, 5.74) is 1.01. The van der Waals surface area contributed by atoms with Crippen LogP contribution < -0.4 is 19.5 Å². The largest absolute Gasteiger partial charge is 0.493 e. The van der Waals surface area contributed by atoms with Crippen LogP contribution in [0.15, 0.2) is 47.4 Å². The topological polar surface area (TPSA) is 94.2 Å². The second kappa shape index (κ2) is 11.4. The first-order valence-electron chi connectivity index (χ1n) is 11.0. The molecule has 2 aromatic rings. The summed E-state index contributed by atoms with van der Waals surface area (Å²) in [5.74, 6) is 2.04. The number of carbonyl (C=O) groups is 1. The smallest absolute Gasteiger partial charge is 0.257 e. The Hall–Kier alpha value is -2.78. The van der Waals surface area contributed by atoms with Gasteiger partial charge in [-0.3, -0.25) is 4.79 Å². The number of nitrogens with one attached hydrogen (secondary N) is 1. The highest BCUT2D eigenvalue weighted by Gasteiger charge is 2.27. The quantitative estimate of drug-likeness (QED) is 0.567. The minimum Gasteiger partial charge on any atom is -0.493 e. The molecule has 8 nitrogen and oxygen atoms in total. The molecular formula is C24H32N2O6S. The Kier molecular flexibility index (Phi) is 8.57. The number of amides is 1. The number of piperidine rings is 1. The van der Waals surface area contributed by atoms with E-state index in [0.717, 1.165) is 18.4 Å². The van der Waals surface area contributed by atoms with E-state index in [4.69, 9.17) is 14.2 Å². The molecule has 0 aromatic heterocycles. The molecule has 1 amide bonds. The van der Waals surface area contributed by atoms with Crippen LogP contribution in [0.1, 0.15) is 25.3 Å². The van der Waals surface area contributed by atoms with Crippen molar-refractivity contribution in [3.63, 3.8) is 0 Å². The van der Waals surface area contributed by atoms with E-state index in [0.29, 0.717) is 49.2 Å². The Morgan fingerprint density at radius 2 is 1.70 bits per heavy atom. The number of nitrogens with zero attached hydrogens (tertiary/aromatic N) is 1. The zero-order chi connectivity index (χ0) is 23.8. The van der Waals surface area contributed by atoms with Crippen LogP contribution in [0.3, 0.4) is 0 Å². The van der Waals surface area contributed by atoms with Gasteiger partial charge in [-0.25, -0.2) is 8.42 Å². The molecule has 1 fully saturated rings. The van der Waals surface area contributed by atoms with Crippen LogP contribution in [-0.4, -0.2) is 59.1 Å². The van der Waals surface area contributed by atoms with E-state index < -0.39 is 10.0 Å². The molecule has 0 saturated carbocycles. The Morgan fingerprint density at radius 3 is 2.33 bits per heavy atom. The zero-order valence-corrected chi connectivity index (χ0v) is 20.2. The third-order valence-electron chi connectivity index (χ3n) is 5.76. The minimum atomic E-state index is -3.50. The van der Waals surface area contributed by atoms with E-state index >= 15 is 0 Å². The summed E-state index contributed by atoms with van der Waals surface area (Å²) >= 11 is 0. The molecule has 1 N–H and O–H groups in total. The molecule has 1 heterocycles. The average Bonchev–Trinajstić information content (AvgIpc) is 2.83. The summed E-state index contributed by atoms with van der Waals surface area (Å²) in [5, 5.41) is 2.81. The SMILES string of the molecule is COc1ccc(CCNC(=O)COc2ccc(S(=O)(=O)N3CCC(C)CC3)cc2)cc1OC. The first kappa shape index (κ1) is 24.9. The van der Waals surface area contributed by atoms with Crippen molar-refractivity contribution < 1.29 is 27.4 Å². The third-order valence-corrected chi connectivity index (χ3v) is 7.67. The van der Waals surface area contributed by atoms with Crippen LogP contribution in [-0.2, 0) is 21.2 Å². The standard InChI is InChI=1S/C24H32N2O6S/c1-18-11-14-26(15-12-18)33(28,29)21-7-5-20(6-8-21)32-17-24(27)25-13-10-19-4-9-22(30-2)23(16-19)31-3/h4-9,16,18H,10-15,17H2,1-3H3,(H,25,27). The van der Waals surface area contributed by atoms with E-state index in [9.17, 15) is 13.2 Å². The predicted octanol–water partition coefficient (Wildman–Crippen LogP) is 2.86. The van der Waals surface area contributed by atoms with Gasteiger partial charge in [0.05, 0.1) is 19.1 Å². The second-order valence-corrected chi connectivity index (χ2v) is 10.1. The summed E-state index contributed by atoms with van der Waals surface area (Å²) in [6.07, 6.45) is 2.39. The highest BCUT2D eigenvalue weighted by Crippen LogP contribution is 2.27. The van der Waals surface area contributed by atoms with Crippen LogP contribution in [0.5, 0.6) is 17.2 Å². The van der Waals surface area contributed by atoms with E-state index in [1.54, 1.807) is 26.4 Å². The Bertz CT molecular complexity index is 1030. The Morgan fingerprint density at radius 1 is 1.03 bits per heavy atom. The zero-order valence-electron chi connectivity index (χ0n) is 19.4. The molecule has 180 valence electrons. The second-order valence-electron chi connectivity index (χ2n) is 8.14. The summed E-state index contributed by atoms with van der Waals surface area (Å²) in [4.78, 5) is 12.3. The molecule has 1 saturated heterocycles. The van der Waals surface area contributed by atoms with Crippen molar-refractivity contribution in [2.24, 2.45) is 5.92 Å². The fraction of sp³-hybridized carbons (Fsp3) is 0.458. The van der Waals surface area contributed by atoms with Crippen molar-refractivity contribution in [3.8, 4) is 17.2 Å². The van der Waals surface area contributed by atoms with Crippen LogP contribution in [0, 0.1) is 5.92 Å². The van der Waals surface area contributed by atoms with Crippen molar-refractivity contribution in [2.45, 2.75) is 31.1 Å². The van der Waals surface area contributed by atoms with Gasteiger partial charge in [0.1, 0.15) is 5.75 Å². The van der Waals surface area contributed by atoms with Crippen LogP contribution in [0.25, 0.3) is 0 Å². The number of ether oxygens (including phenoxy) is 3. The van der Waals surface area contributed by atoms with Gasteiger partial charge >= 0.3 is 0 Å². The number of hydrogen-bond acceptors (Lipinski definition) is 6. The van der Waals surface area contributed by atoms with Crippen molar-refractivity contribution >= 4 is 15.9 Å². The lowest BCUT2D eigenvalue weighted by atomic mass is 10.0. The van der Waals surface area contributed by atoms with Gasteiger partial charge < -0.3 is 19.5 Å². The molecule has 1 aliphatic rings. The van der Waals surface area contributed by atoms with Crippen molar-refractivity contribution in [2.75, 3.05) is 40.5 Å². The van der Waals surface area contributed by atoms with Gasteiger partial charge in [0.2, 0.25) is 10.0 Å². The number of hydrogen-bond donors (Lipinski definition) is 1. The summed E-state index contributed by atoms with van der Waals surface area (Å²) in [6.45, 7) is 3.53.